The summed E-state index contributed by atoms with van der Waals surface area (Å²) >= 11 is 4.15. The Morgan fingerprint density at radius 3 is 2.50 bits per heavy atom. The lowest BCUT2D eigenvalue weighted by atomic mass is 10.0. The van der Waals surface area contributed by atoms with Gasteiger partial charge in [0, 0.05) is 17.0 Å². The molecule has 10 nitrogen and oxygen atoms in total. The van der Waals surface area contributed by atoms with Crippen LogP contribution in [0.4, 0.5) is 5.69 Å². The summed E-state index contributed by atoms with van der Waals surface area (Å²) in [5.74, 6) is -1.29. The van der Waals surface area contributed by atoms with Gasteiger partial charge in [0.05, 0.1) is 21.6 Å². The van der Waals surface area contributed by atoms with E-state index in [1.54, 1.807) is 0 Å². The molecule has 2 aliphatic rings. The molecule has 0 bridgehead atoms. The van der Waals surface area contributed by atoms with Gasteiger partial charge >= 0.3 is 5.97 Å². The number of esters is 1. The molecular formula is C29H22N4O6S3. The number of fused-ring (bicyclic) bond motifs is 2. The lowest BCUT2D eigenvalue weighted by Crippen LogP contribution is -2.73. The SMILES string of the molecule is O=C(Cc1ccccc1)NC1C(=O)N2C(C(=O)OCc3ccc([N+](=O)[O-])cc3)C(Sc3nc4ccccc4s3)=CS[C@@H]12. The fraction of sp³-hybridized carbons (Fsp3) is 0.172. The molecule has 1 fully saturated rings. The highest BCUT2D eigenvalue weighted by Crippen LogP contribution is 2.46. The number of thioether (sulfide) groups is 2. The zero-order valence-corrected chi connectivity index (χ0v) is 24.2. The van der Waals surface area contributed by atoms with Crippen LogP contribution in [0.1, 0.15) is 11.1 Å². The van der Waals surface area contributed by atoms with Gasteiger partial charge in [0.1, 0.15) is 18.0 Å². The van der Waals surface area contributed by atoms with Crippen LogP contribution < -0.4 is 5.32 Å². The van der Waals surface area contributed by atoms with Crippen LogP contribution in [0.25, 0.3) is 10.2 Å². The number of carbonyl (C=O) groups is 3. The van der Waals surface area contributed by atoms with Crippen LogP contribution in [0.5, 0.6) is 0 Å². The van der Waals surface area contributed by atoms with Crippen LogP contribution in [0.2, 0.25) is 0 Å². The highest BCUT2D eigenvalue weighted by atomic mass is 32.2. The lowest BCUT2D eigenvalue weighted by Gasteiger charge is -2.51. The normalized spacial score (nSPS) is 19.4. The van der Waals surface area contributed by atoms with Crippen LogP contribution in [0.3, 0.4) is 0 Å². The summed E-state index contributed by atoms with van der Waals surface area (Å²) in [6.07, 6.45) is 0.136. The Bertz CT molecular complexity index is 1680. The fourth-order valence-corrected chi connectivity index (χ4v) is 8.18. The molecule has 1 N–H and O–H groups in total. The number of benzene rings is 3. The van der Waals surface area contributed by atoms with Gasteiger partial charge in [-0.05, 0) is 40.8 Å². The first-order valence-corrected chi connectivity index (χ1v) is 15.4. The molecule has 0 radical (unpaired) electrons. The number of para-hydroxylation sites is 1. The van der Waals surface area contributed by atoms with Crippen molar-refractivity contribution in [2.24, 2.45) is 0 Å². The first-order valence-electron chi connectivity index (χ1n) is 12.8. The monoisotopic (exact) mass is 618 g/mol. The Hall–Kier alpha value is -4.20. The molecule has 1 saturated heterocycles. The van der Waals surface area contributed by atoms with E-state index in [2.05, 4.69) is 10.3 Å². The van der Waals surface area contributed by atoms with E-state index in [1.807, 2.05) is 60.0 Å². The van der Waals surface area contributed by atoms with Gasteiger partial charge in [-0.1, -0.05) is 54.2 Å². The Labute approximate surface area is 252 Å². The van der Waals surface area contributed by atoms with Crippen molar-refractivity contribution in [2.45, 2.75) is 34.8 Å². The van der Waals surface area contributed by atoms with E-state index in [9.17, 15) is 24.5 Å². The molecule has 6 rings (SSSR count). The summed E-state index contributed by atoms with van der Waals surface area (Å²) < 4.78 is 7.34. The summed E-state index contributed by atoms with van der Waals surface area (Å²) in [5.41, 5.74) is 2.17. The largest absolute Gasteiger partial charge is 0.459 e. The molecule has 1 aromatic heterocycles. The molecule has 13 heteroatoms. The van der Waals surface area contributed by atoms with Crippen molar-refractivity contribution in [3.8, 4) is 0 Å². The summed E-state index contributed by atoms with van der Waals surface area (Å²) in [6.45, 7) is -0.122. The number of hydrogen-bond donors (Lipinski definition) is 1. The van der Waals surface area contributed by atoms with E-state index in [4.69, 9.17) is 4.74 Å². The van der Waals surface area contributed by atoms with Crippen LogP contribution in [-0.2, 0) is 32.1 Å². The summed E-state index contributed by atoms with van der Waals surface area (Å²) in [5, 5.41) is 15.1. The van der Waals surface area contributed by atoms with Gasteiger partial charge in [-0.2, -0.15) is 0 Å². The summed E-state index contributed by atoms with van der Waals surface area (Å²) in [6, 6.07) is 20.9. The van der Waals surface area contributed by atoms with Crippen molar-refractivity contribution in [3.63, 3.8) is 0 Å². The number of non-ortho nitro benzene ring substituents is 1. The molecule has 0 saturated carbocycles. The second kappa shape index (κ2) is 12.0. The van der Waals surface area contributed by atoms with Gasteiger partial charge < -0.3 is 15.0 Å². The number of rotatable bonds is 9. The maximum absolute atomic E-state index is 13.5. The Balaban J connectivity index is 1.20. The van der Waals surface area contributed by atoms with Crippen molar-refractivity contribution < 1.29 is 24.0 Å². The number of nitro groups is 1. The topological polar surface area (TPSA) is 132 Å². The molecule has 212 valence electrons. The van der Waals surface area contributed by atoms with Crippen LogP contribution in [-0.4, -0.2) is 50.0 Å². The van der Waals surface area contributed by atoms with E-state index in [-0.39, 0.29) is 30.5 Å². The molecular weight excluding hydrogens is 597 g/mol. The molecule has 2 unspecified atom stereocenters. The number of β-lactam (4-membered cyclic amide) rings is 1. The van der Waals surface area contributed by atoms with Gasteiger partial charge in [0.15, 0.2) is 10.4 Å². The molecule has 4 aromatic rings. The van der Waals surface area contributed by atoms with Gasteiger partial charge in [0.25, 0.3) is 5.69 Å². The van der Waals surface area contributed by atoms with Gasteiger partial charge in [-0.25, -0.2) is 9.78 Å². The minimum absolute atomic E-state index is 0.0683. The molecule has 42 heavy (non-hydrogen) atoms. The van der Waals surface area contributed by atoms with E-state index in [1.165, 1.54) is 64.0 Å². The minimum Gasteiger partial charge on any atom is -0.459 e. The average Bonchev–Trinajstić information content (AvgIpc) is 3.41. The zero-order chi connectivity index (χ0) is 29.2. The van der Waals surface area contributed by atoms with E-state index in [0.717, 1.165) is 20.1 Å². The molecule has 3 atom stereocenters. The third-order valence-electron chi connectivity index (χ3n) is 6.71. The van der Waals surface area contributed by atoms with E-state index >= 15 is 0 Å². The molecule has 2 amide bonds. The third-order valence-corrected chi connectivity index (χ3v) is 10.2. The second-order valence-corrected chi connectivity index (χ2v) is 12.8. The van der Waals surface area contributed by atoms with E-state index < -0.39 is 28.4 Å². The number of hydrogen-bond acceptors (Lipinski definition) is 10. The molecule has 0 aliphatic carbocycles. The number of aromatic nitrogens is 1. The Morgan fingerprint density at radius 2 is 1.76 bits per heavy atom. The average molecular weight is 619 g/mol. The lowest BCUT2D eigenvalue weighted by molar-refractivity contribution is -0.384. The number of nitro benzene ring substituents is 1. The highest BCUT2D eigenvalue weighted by molar-refractivity contribution is 8.07. The molecule has 3 aromatic carbocycles. The van der Waals surface area contributed by atoms with Crippen LogP contribution in [0.15, 0.2) is 93.5 Å². The van der Waals surface area contributed by atoms with Crippen molar-refractivity contribution in [1.82, 2.24) is 15.2 Å². The number of ether oxygens (including phenoxy) is 1. The molecule has 2 aliphatic heterocycles. The van der Waals surface area contributed by atoms with Gasteiger partial charge in [-0.3, -0.25) is 19.7 Å². The fourth-order valence-electron chi connectivity index (χ4n) is 4.63. The number of carbonyl (C=O) groups excluding carboxylic acids is 3. The Morgan fingerprint density at radius 1 is 1.02 bits per heavy atom. The number of nitrogens with one attached hydrogen (secondary N) is 1. The molecule has 0 spiro atoms. The minimum atomic E-state index is -1.03. The summed E-state index contributed by atoms with van der Waals surface area (Å²) in [7, 11) is 0. The predicted molar refractivity (Wildman–Crippen MR) is 161 cm³/mol. The summed E-state index contributed by atoms with van der Waals surface area (Å²) in [4.78, 5) is 56.8. The highest BCUT2D eigenvalue weighted by Gasteiger charge is 2.56. The first-order chi connectivity index (χ1) is 20.4. The van der Waals surface area contributed by atoms with Crippen molar-refractivity contribution in [2.75, 3.05) is 0 Å². The standard InChI is InChI=1S/C29H22N4O6S3/c34-23(14-17-6-2-1-3-7-17)31-24-26(35)32-25(28(36)39-15-18-10-12-19(13-11-18)33(37)38)22(16-40-27(24)32)42-29-30-20-8-4-5-9-21(20)41-29/h1-13,16,24-25,27H,14-15H2,(H,31,34)/t24?,25?,27-/m0/s1. The smallest absolute Gasteiger partial charge is 0.334 e. The zero-order valence-electron chi connectivity index (χ0n) is 21.7. The first kappa shape index (κ1) is 27.9. The maximum Gasteiger partial charge on any atom is 0.334 e. The second-order valence-electron chi connectivity index (χ2n) is 9.48. The van der Waals surface area contributed by atoms with Crippen molar-refractivity contribution >= 4 is 68.5 Å². The number of amides is 2. The van der Waals surface area contributed by atoms with Crippen LogP contribution in [0, 0.1) is 10.1 Å². The van der Waals surface area contributed by atoms with Crippen molar-refractivity contribution in [3.05, 3.63) is 110 Å². The Kier molecular flexibility index (Phi) is 7.96. The number of nitrogens with zero attached hydrogens (tertiary/aromatic N) is 3. The number of thiazole rings is 1. The third kappa shape index (κ3) is 5.75. The molecule has 3 heterocycles. The maximum atomic E-state index is 13.5. The van der Waals surface area contributed by atoms with Crippen LogP contribution >= 0.6 is 34.9 Å². The quantitative estimate of drug-likeness (QED) is 0.121. The predicted octanol–water partition coefficient (Wildman–Crippen LogP) is 4.89. The van der Waals surface area contributed by atoms with Gasteiger partial charge in [-0.15, -0.1) is 23.1 Å². The van der Waals surface area contributed by atoms with Crippen molar-refractivity contribution in [1.29, 1.82) is 0 Å². The van der Waals surface area contributed by atoms with E-state index in [0.29, 0.717) is 10.5 Å². The van der Waals surface area contributed by atoms with Gasteiger partial charge in [0.2, 0.25) is 11.8 Å².